The van der Waals surface area contributed by atoms with Gasteiger partial charge in [-0.3, -0.25) is 28.0 Å². The van der Waals surface area contributed by atoms with E-state index in [1.807, 2.05) is 0 Å². The molecule has 6 heterocycles. The first kappa shape index (κ1) is 31.9. The van der Waals surface area contributed by atoms with Gasteiger partial charge in [-0.1, -0.05) is 11.6 Å². The molecule has 6 rings (SSSR count). The zero-order valence-corrected chi connectivity index (χ0v) is 24.8. The number of aliphatic hydroxyl groups is 3. The summed E-state index contributed by atoms with van der Waals surface area (Å²) in [5.41, 5.74) is 4.94. The fourth-order valence-electron chi connectivity index (χ4n) is 5.02. The maximum absolute atomic E-state index is 13.1. The van der Waals surface area contributed by atoms with Crippen LogP contribution in [0, 0.1) is 0 Å². The van der Waals surface area contributed by atoms with Gasteiger partial charge in [0.05, 0.1) is 25.9 Å². The van der Waals surface area contributed by atoms with Crippen LogP contribution in [-0.2, 0) is 32.2 Å². The number of nitrogens with two attached hydrogens (primary N) is 1. The monoisotopic (exact) mass is 694 g/mol. The summed E-state index contributed by atoms with van der Waals surface area (Å²) in [7, 11) is -8.46. The summed E-state index contributed by atoms with van der Waals surface area (Å²) in [6, 6.07) is 0. The van der Waals surface area contributed by atoms with E-state index in [0.717, 1.165) is 17.2 Å². The van der Waals surface area contributed by atoms with E-state index >= 15 is 0 Å². The Kier molecular flexibility index (Phi) is 8.69. The Labute approximate surface area is 254 Å². The lowest BCUT2D eigenvalue weighted by Gasteiger charge is -2.24. The Bertz CT molecular complexity index is 1860. The molecule has 22 nitrogen and oxygen atoms in total. The number of hydrogen-bond donors (Lipinski definition) is 7. The average Bonchev–Trinajstić information content (AvgIpc) is 3.73. The van der Waals surface area contributed by atoms with Crippen LogP contribution in [-0.4, -0.2) is 114 Å². The summed E-state index contributed by atoms with van der Waals surface area (Å²) in [5, 5.41) is 31.4. The number of phosphoric ester groups is 1. The molecule has 2 fully saturated rings. The van der Waals surface area contributed by atoms with Crippen LogP contribution >= 0.6 is 27.7 Å². The van der Waals surface area contributed by atoms with Gasteiger partial charge in [0.25, 0.3) is 5.56 Å². The molecule has 0 saturated carbocycles. The van der Waals surface area contributed by atoms with Gasteiger partial charge < -0.3 is 35.4 Å². The van der Waals surface area contributed by atoms with Crippen LogP contribution < -0.4 is 11.3 Å². The highest BCUT2D eigenvalue weighted by Crippen LogP contribution is 2.50. The molecule has 2 aliphatic rings. The van der Waals surface area contributed by atoms with Gasteiger partial charge in [0.15, 0.2) is 40.5 Å². The number of aromatic amines is 1. The topological polar surface area (TPSA) is 315 Å². The first-order valence-electron chi connectivity index (χ1n) is 12.7. The van der Waals surface area contributed by atoms with Crippen molar-refractivity contribution in [3.8, 4) is 0 Å². The molecule has 2 aliphatic heterocycles. The lowest BCUT2D eigenvalue weighted by atomic mass is 10.1. The highest BCUT2D eigenvalue weighted by atomic mass is 35.5. The number of hydrogen-bond acceptors (Lipinski definition) is 17. The first-order chi connectivity index (χ1) is 21.4. The quantitative estimate of drug-likeness (QED) is 0.0714. The highest BCUT2D eigenvalue weighted by molar-refractivity contribution is 7.47. The van der Waals surface area contributed by atoms with E-state index < -0.39 is 83.9 Å². The van der Waals surface area contributed by atoms with Gasteiger partial charge in [-0.2, -0.15) is 4.98 Å². The molecule has 25 heteroatoms. The fraction of sp³-hybridized carbons (Fsp3) is 0.500. The normalized spacial score (nSPS) is 30.3. The van der Waals surface area contributed by atoms with Gasteiger partial charge in [-0.25, -0.2) is 24.5 Å². The summed E-state index contributed by atoms with van der Waals surface area (Å²) in [6.45, 7) is -1.58. The first-order valence-corrected chi connectivity index (χ1v) is 15.7. The number of fused-ring (bicyclic) bond motifs is 2. The van der Waals surface area contributed by atoms with Crippen molar-refractivity contribution in [3.05, 3.63) is 34.5 Å². The van der Waals surface area contributed by atoms with E-state index in [9.17, 15) is 39.0 Å². The van der Waals surface area contributed by atoms with Crippen molar-refractivity contribution in [2.24, 2.45) is 0 Å². The molecule has 8 N–H and O–H groups in total. The van der Waals surface area contributed by atoms with Gasteiger partial charge in [-0.15, -0.1) is 9.42 Å². The third-order valence-corrected chi connectivity index (χ3v) is 8.67. The predicted octanol–water partition coefficient (Wildman–Crippen LogP) is -1.76. The molecule has 4 aromatic rings. The van der Waals surface area contributed by atoms with Gasteiger partial charge >= 0.3 is 16.1 Å². The number of nitrogens with one attached hydrogen (secondary N) is 1. The molecule has 0 amide bonds. The number of H-pyrrole nitrogens is 1. The molecule has 10 atom stereocenters. The van der Waals surface area contributed by atoms with E-state index in [-0.39, 0.29) is 33.4 Å². The molecule has 0 spiro atoms. The van der Waals surface area contributed by atoms with Crippen molar-refractivity contribution < 1.29 is 57.3 Å². The number of rotatable bonds is 10. The second-order valence-corrected chi connectivity index (χ2v) is 12.2. The van der Waals surface area contributed by atoms with Crippen molar-refractivity contribution in [1.82, 2.24) is 39.0 Å². The van der Waals surface area contributed by atoms with Crippen LogP contribution in [0.5, 0.6) is 0 Å². The van der Waals surface area contributed by atoms with Crippen molar-refractivity contribution in [2.45, 2.75) is 49.1 Å². The number of nitrogens with zero attached hydrogens (tertiary/aromatic N) is 7. The van der Waals surface area contributed by atoms with Gasteiger partial charge in [-0.05, 0) is 0 Å². The summed E-state index contributed by atoms with van der Waals surface area (Å²) >= 11 is 6.03. The lowest BCUT2D eigenvalue weighted by molar-refractivity contribution is -0.0609. The molecule has 2 unspecified atom stereocenters. The molecule has 4 aromatic heterocycles. The summed E-state index contributed by atoms with van der Waals surface area (Å²) in [4.78, 5) is 54.3. The number of ether oxygens (including phenoxy) is 2. The Morgan fingerprint density at radius 2 is 1.73 bits per heavy atom. The maximum atomic E-state index is 13.1. The van der Waals surface area contributed by atoms with Crippen LogP contribution in [0.3, 0.4) is 0 Å². The maximum Gasteiger partial charge on any atom is 0.695 e. The minimum absolute atomic E-state index is 0.00490. The van der Waals surface area contributed by atoms with E-state index in [1.165, 1.54) is 10.9 Å². The molecular weight excluding hydrogens is 672 g/mol. The number of aliphatic hydroxyl groups excluding tert-OH is 3. The SMILES string of the molecule is Nc1nc2c(ncn2[C@@H]2O[C@H](CO)[C@@H](O)[C@H]2OP(=O)(O)OC[C@H]2O[C@@H](n3cnc4c(Cl)ncnc43)[C@H](O)[C@@H]2O[P+](=O)O)c(=O)[nH]1. The van der Waals surface area contributed by atoms with Crippen molar-refractivity contribution in [2.75, 3.05) is 18.9 Å². The second kappa shape index (κ2) is 12.3. The molecule has 242 valence electrons. The molecule has 2 saturated heterocycles. The van der Waals surface area contributed by atoms with Crippen LogP contribution in [0.2, 0.25) is 5.15 Å². The average molecular weight is 695 g/mol. The lowest BCUT2D eigenvalue weighted by Crippen LogP contribution is -2.36. The number of anilines is 1. The fourth-order valence-corrected chi connectivity index (χ4v) is 6.59. The standard InChI is InChI=1S/C20H22ClN9O13P2/c21-14-8-15(24-3-23-14)29(4-25-8)18-11(33)12(42-44(35)36)7(41-18)2-39-45(37,38)43-13-10(32)6(1-31)40-19(13)30-5-26-9-16(30)27-20(22)28-17(9)34/h3-7,10-13,18-19,31-33H,1-2H2,(H4-,22,27,28,34,35,36,37,38)/p+1/t6-,7-,10-,11-,12-,13-,18-,19-/m1/s1. The number of imidazole rings is 2. The van der Waals surface area contributed by atoms with Crippen LogP contribution in [0.25, 0.3) is 22.3 Å². The molecule has 0 aromatic carbocycles. The Morgan fingerprint density at radius 3 is 2.44 bits per heavy atom. The van der Waals surface area contributed by atoms with Gasteiger partial charge in [0.1, 0.15) is 42.4 Å². The predicted molar refractivity (Wildman–Crippen MR) is 145 cm³/mol. The zero-order valence-electron chi connectivity index (χ0n) is 22.2. The number of aromatic nitrogens is 8. The van der Waals surface area contributed by atoms with Gasteiger partial charge in [0.2, 0.25) is 5.95 Å². The molecule has 0 radical (unpaired) electrons. The zero-order chi connectivity index (χ0) is 32.2. The number of phosphoric acid groups is 1. The smallest absolute Gasteiger partial charge is 0.394 e. The summed E-state index contributed by atoms with van der Waals surface area (Å²) < 4.78 is 53.7. The van der Waals surface area contributed by atoms with Gasteiger partial charge in [0, 0.05) is 4.57 Å². The minimum Gasteiger partial charge on any atom is -0.394 e. The molecular formula is C20H23ClN9O13P2+. The van der Waals surface area contributed by atoms with Crippen LogP contribution in [0.15, 0.2) is 23.8 Å². The molecule has 0 bridgehead atoms. The number of nitrogen functional groups attached to an aromatic ring is 1. The second-order valence-electron chi connectivity index (χ2n) is 9.70. The van der Waals surface area contributed by atoms with E-state index in [2.05, 4.69) is 29.9 Å². The molecule has 0 aliphatic carbocycles. The number of halogens is 1. The third-order valence-electron chi connectivity index (χ3n) is 6.98. The van der Waals surface area contributed by atoms with Crippen LogP contribution in [0.1, 0.15) is 12.5 Å². The largest absolute Gasteiger partial charge is 0.695 e. The highest BCUT2D eigenvalue weighted by Gasteiger charge is 2.53. The van der Waals surface area contributed by atoms with E-state index in [0.29, 0.717) is 0 Å². The Balaban J connectivity index is 1.22. The van der Waals surface area contributed by atoms with Crippen molar-refractivity contribution >= 4 is 56.0 Å². The molecule has 45 heavy (non-hydrogen) atoms. The Hall–Kier alpha value is -3.08. The van der Waals surface area contributed by atoms with Crippen molar-refractivity contribution in [1.29, 1.82) is 0 Å². The summed E-state index contributed by atoms with van der Waals surface area (Å²) in [5.74, 6) is -0.280. The summed E-state index contributed by atoms with van der Waals surface area (Å²) in [6.07, 6.45) is -8.76. The van der Waals surface area contributed by atoms with Crippen molar-refractivity contribution in [3.63, 3.8) is 0 Å². The van der Waals surface area contributed by atoms with Crippen LogP contribution in [0.4, 0.5) is 5.95 Å². The Morgan fingerprint density at radius 1 is 1.04 bits per heavy atom. The van der Waals surface area contributed by atoms with E-state index in [4.69, 9.17) is 40.4 Å². The minimum atomic E-state index is -5.17. The van der Waals surface area contributed by atoms with E-state index in [1.54, 1.807) is 0 Å². The third kappa shape index (κ3) is 5.97.